The maximum atomic E-state index is 8.63. The van der Waals surface area contributed by atoms with Crippen molar-refractivity contribution in [2.75, 3.05) is 5.73 Å². The predicted molar refractivity (Wildman–Crippen MR) is 173 cm³/mol. The number of para-hydroxylation sites is 2. The van der Waals surface area contributed by atoms with E-state index in [2.05, 4.69) is 55.0 Å². The molecule has 196 valence electrons. The van der Waals surface area contributed by atoms with Crippen LogP contribution in [0.4, 0.5) is 5.69 Å². The average molecular weight is 677 g/mol. The van der Waals surface area contributed by atoms with Crippen molar-refractivity contribution < 1.29 is 10.0 Å². The van der Waals surface area contributed by atoms with Crippen LogP contribution in [0.25, 0.3) is 28.2 Å². The van der Waals surface area contributed by atoms with Gasteiger partial charge in [-0.25, -0.2) is 0 Å². The number of hydrogen-bond acceptors (Lipinski definition) is 3. The topological polar surface area (TPSA) is 82.3 Å². The van der Waals surface area contributed by atoms with E-state index in [-0.39, 0.29) is 7.43 Å². The lowest BCUT2D eigenvalue weighted by atomic mass is 9.81. The normalized spacial score (nSPS) is 9.74. The van der Waals surface area contributed by atoms with Gasteiger partial charge < -0.3 is 20.8 Å². The first-order valence-electron chi connectivity index (χ1n) is 11.1. The van der Waals surface area contributed by atoms with Gasteiger partial charge in [0.2, 0.25) is 0 Å². The standard InChI is InChI=1S/C14H10ClN.C8H7Br2N.C6H6BClO2.CH4/c15-12-7-5-10(6-8-12)14-9-11-3-1-2-4-13(11)16-14;9-8(10)5-6-3-1-2-4-7(6)11;8-6-3-1-5(2-4-6)7(9)10;/h1-9,16H;1-5H,11H2;1-4,9-10H;1H4. The Kier molecular flexibility index (Phi) is 13.2. The van der Waals surface area contributed by atoms with Gasteiger partial charge in [0.15, 0.2) is 0 Å². The van der Waals surface area contributed by atoms with E-state index in [1.54, 1.807) is 24.3 Å². The van der Waals surface area contributed by atoms with Crippen LogP contribution < -0.4 is 11.2 Å². The summed E-state index contributed by atoms with van der Waals surface area (Å²) in [5.74, 6) is 0. The largest absolute Gasteiger partial charge is 0.488 e. The van der Waals surface area contributed by atoms with Gasteiger partial charge in [-0.15, -0.1) is 0 Å². The van der Waals surface area contributed by atoms with Gasteiger partial charge in [-0.2, -0.15) is 0 Å². The molecule has 4 aromatic carbocycles. The molecule has 1 heterocycles. The van der Waals surface area contributed by atoms with E-state index in [0.717, 1.165) is 36.4 Å². The van der Waals surface area contributed by atoms with Gasteiger partial charge in [0.1, 0.15) is 0 Å². The molecule has 0 aliphatic carbocycles. The second-order valence-electron chi connectivity index (χ2n) is 7.77. The zero-order valence-corrected chi connectivity index (χ0v) is 24.1. The molecule has 0 aliphatic heterocycles. The molecule has 0 fully saturated rings. The summed E-state index contributed by atoms with van der Waals surface area (Å²) in [5, 5.41) is 19.8. The van der Waals surface area contributed by atoms with Gasteiger partial charge in [-0.05, 0) is 97.0 Å². The van der Waals surface area contributed by atoms with Crippen LogP contribution in [0.3, 0.4) is 0 Å². The monoisotopic (exact) mass is 674 g/mol. The molecule has 0 unspecified atom stereocenters. The summed E-state index contributed by atoms with van der Waals surface area (Å²) in [5.41, 5.74) is 11.4. The van der Waals surface area contributed by atoms with Crippen LogP contribution in [0.1, 0.15) is 13.0 Å². The smallest absolute Gasteiger partial charge is 0.423 e. The summed E-state index contributed by atoms with van der Waals surface area (Å²) in [4.78, 5) is 3.39. The number of nitrogen functional groups attached to an aromatic ring is 1. The molecule has 0 amide bonds. The highest BCUT2D eigenvalue weighted by Gasteiger charge is 2.08. The summed E-state index contributed by atoms with van der Waals surface area (Å²) in [6.07, 6.45) is 1.91. The van der Waals surface area contributed by atoms with E-state index >= 15 is 0 Å². The number of hydrogen-bond donors (Lipinski definition) is 4. The number of anilines is 1. The summed E-state index contributed by atoms with van der Waals surface area (Å²) >= 11 is 18.0. The molecule has 0 bridgehead atoms. The van der Waals surface area contributed by atoms with E-state index in [0.29, 0.717) is 10.5 Å². The zero-order chi connectivity index (χ0) is 26.8. The Morgan fingerprint density at radius 3 is 1.89 bits per heavy atom. The fraction of sp³-hybridized carbons (Fsp3) is 0.0345. The van der Waals surface area contributed by atoms with Gasteiger partial charge in [-0.3, -0.25) is 0 Å². The van der Waals surface area contributed by atoms with Crippen LogP contribution >= 0.6 is 55.1 Å². The third-order valence-electron chi connectivity index (χ3n) is 5.11. The Bertz CT molecular complexity index is 1420. The van der Waals surface area contributed by atoms with Crippen LogP contribution in [0.2, 0.25) is 10.0 Å². The SMILES string of the molecule is C.Clc1ccc(-c2cc3ccccc3[nH]2)cc1.Nc1ccccc1C=C(Br)Br.OB(O)c1ccc(Cl)cc1. The molecule has 5 rings (SSSR count). The van der Waals surface area contributed by atoms with Crippen molar-refractivity contribution in [2.24, 2.45) is 0 Å². The second kappa shape index (κ2) is 15.8. The van der Waals surface area contributed by atoms with Crippen LogP contribution in [0.5, 0.6) is 0 Å². The molecule has 38 heavy (non-hydrogen) atoms. The molecule has 5 aromatic rings. The number of rotatable bonds is 3. The number of nitrogens with two attached hydrogens (primary N) is 1. The number of H-pyrrole nitrogens is 1. The minimum Gasteiger partial charge on any atom is -0.423 e. The first-order chi connectivity index (χ1) is 17.7. The van der Waals surface area contributed by atoms with E-state index < -0.39 is 7.12 Å². The minimum atomic E-state index is -1.41. The van der Waals surface area contributed by atoms with Crippen molar-refractivity contribution in [1.29, 1.82) is 0 Å². The lowest BCUT2D eigenvalue weighted by Crippen LogP contribution is -2.29. The number of halogens is 4. The van der Waals surface area contributed by atoms with Crippen molar-refractivity contribution in [3.63, 3.8) is 0 Å². The van der Waals surface area contributed by atoms with Crippen molar-refractivity contribution in [3.8, 4) is 11.3 Å². The van der Waals surface area contributed by atoms with Crippen LogP contribution in [-0.2, 0) is 0 Å². The molecule has 0 atom stereocenters. The van der Waals surface area contributed by atoms with Gasteiger partial charge in [0.25, 0.3) is 0 Å². The minimum absolute atomic E-state index is 0. The maximum Gasteiger partial charge on any atom is 0.488 e. The Labute approximate surface area is 250 Å². The number of aromatic amines is 1. The maximum absolute atomic E-state index is 8.63. The highest BCUT2D eigenvalue weighted by Crippen LogP contribution is 2.25. The fourth-order valence-corrected chi connectivity index (χ4v) is 4.00. The first kappa shape index (κ1) is 31.7. The summed E-state index contributed by atoms with van der Waals surface area (Å²) in [7, 11) is -1.41. The summed E-state index contributed by atoms with van der Waals surface area (Å²) in [6.45, 7) is 0. The van der Waals surface area contributed by atoms with Gasteiger partial charge in [0, 0.05) is 32.3 Å². The molecule has 0 saturated heterocycles. The molecule has 4 nitrogen and oxygen atoms in total. The summed E-state index contributed by atoms with van der Waals surface area (Å²) in [6, 6.07) is 32.3. The molecule has 0 radical (unpaired) electrons. The lowest BCUT2D eigenvalue weighted by molar-refractivity contribution is 0.426. The van der Waals surface area contributed by atoms with Crippen molar-refractivity contribution >= 4 is 90.3 Å². The number of aromatic nitrogens is 1. The average Bonchev–Trinajstić information content (AvgIpc) is 3.31. The lowest BCUT2D eigenvalue weighted by Gasteiger charge is -1.97. The van der Waals surface area contributed by atoms with Gasteiger partial charge >= 0.3 is 7.12 Å². The molecule has 0 spiro atoms. The molecule has 9 heteroatoms. The van der Waals surface area contributed by atoms with Crippen LogP contribution in [-0.4, -0.2) is 22.2 Å². The van der Waals surface area contributed by atoms with E-state index in [1.807, 2.05) is 66.7 Å². The van der Waals surface area contributed by atoms with E-state index in [1.165, 1.54) is 5.39 Å². The molecular weight excluding hydrogens is 650 g/mol. The highest BCUT2D eigenvalue weighted by molar-refractivity contribution is 9.28. The molecule has 0 aliphatic rings. The van der Waals surface area contributed by atoms with Crippen molar-refractivity contribution in [2.45, 2.75) is 7.43 Å². The fourth-order valence-electron chi connectivity index (χ4n) is 3.25. The van der Waals surface area contributed by atoms with Crippen LogP contribution in [0.15, 0.2) is 107 Å². The summed E-state index contributed by atoms with van der Waals surface area (Å²) < 4.78 is 0.892. The molecule has 5 N–H and O–H groups in total. The Hall–Kier alpha value is -2.52. The Balaban J connectivity index is 0.000000206. The quantitative estimate of drug-likeness (QED) is 0.114. The first-order valence-corrected chi connectivity index (χ1v) is 13.4. The molecule has 0 saturated carbocycles. The third-order valence-corrected chi connectivity index (χ3v) is 6.08. The second-order valence-corrected chi connectivity index (χ2v) is 11.4. The highest BCUT2D eigenvalue weighted by atomic mass is 79.9. The van der Waals surface area contributed by atoms with Crippen molar-refractivity contribution in [1.82, 2.24) is 4.98 Å². The number of fused-ring (bicyclic) bond motifs is 1. The number of nitrogens with one attached hydrogen (secondary N) is 1. The van der Waals surface area contributed by atoms with E-state index in [4.69, 9.17) is 39.0 Å². The predicted octanol–water partition coefficient (Wildman–Crippen LogP) is 8.50. The van der Waals surface area contributed by atoms with E-state index in [9.17, 15) is 0 Å². The Morgan fingerprint density at radius 2 is 1.34 bits per heavy atom. The zero-order valence-electron chi connectivity index (χ0n) is 19.5. The third kappa shape index (κ3) is 9.99. The number of benzene rings is 4. The van der Waals surface area contributed by atoms with Gasteiger partial charge in [-0.1, -0.05) is 91.3 Å². The van der Waals surface area contributed by atoms with Crippen LogP contribution in [0, 0.1) is 0 Å². The van der Waals surface area contributed by atoms with Crippen molar-refractivity contribution in [3.05, 3.63) is 122 Å². The molecular formula is C29H27BBr2Cl2N2O2. The van der Waals surface area contributed by atoms with Gasteiger partial charge in [0.05, 0.1) is 3.39 Å². The molecule has 1 aromatic heterocycles. The Morgan fingerprint density at radius 1 is 0.789 bits per heavy atom.